The third kappa shape index (κ3) is 7.23. The topological polar surface area (TPSA) is 131 Å². The summed E-state index contributed by atoms with van der Waals surface area (Å²) in [6.07, 6.45) is 4.87. The third-order valence-electron chi connectivity index (χ3n) is 10.3. The van der Waals surface area contributed by atoms with E-state index in [1.54, 1.807) is 6.07 Å². The lowest BCUT2D eigenvalue weighted by atomic mass is 9.48. The van der Waals surface area contributed by atoms with Gasteiger partial charge in [-0.3, -0.25) is 0 Å². The van der Waals surface area contributed by atoms with Crippen molar-refractivity contribution in [1.29, 1.82) is 0 Å². The van der Waals surface area contributed by atoms with E-state index in [4.69, 9.17) is 5.14 Å². The van der Waals surface area contributed by atoms with Crippen molar-refractivity contribution in [2.45, 2.75) is 82.0 Å². The summed E-state index contributed by atoms with van der Waals surface area (Å²) in [5.41, 5.74) is 0.321. The second-order valence-electron chi connectivity index (χ2n) is 13.4. The third-order valence-corrected chi connectivity index (χ3v) is 11.7. The Morgan fingerprint density at radius 3 is 2.41 bits per heavy atom. The Morgan fingerprint density at radius 1 is 1.02 bits per heavy atom. The number of sulfonamides is 1. The van der Waals surface area contributed by atoms with Gasteiger partial charge in [-0.2, -0.15) is 4.98 Å². The van der Waals surface area contributed by atoms with E-state index in [-0.39, 0.29) is 35.0 Å². The van der Waals surface area contributed by atoms with Crippen LogP contribution >= 0.6 is 0 Å². The van der Waals surface area contributed by atoms with Crippen LogP contribution in [0.15, 0.2) is 30.5 Å². The van der Waals surface area contributed by atoms with Gasteiger partial charge in [0.05, 0.1) is 11.4 Å². The number of para-hydroxylation sites is 1. The number of nitrogens with zero attached hydrogens (tertiary/aromatic N) is 2. The zero-order valence-corrected chi connectivity index (χ0v) is 25.3. The van der Waals surface area contributed by atoms with Crippen LogP contribution < -0.4 is 25.8 Å². The fraction of sp³-hybridized carbons (Fsp3) is 0.667. The first-order valence-corrected chi connectivity index (χ1v) is 17.1. The zero-order valence-electron chi connectivity index (χ0n) is 24.5. The number of hydrogen-bond acceptors (Lipinski definition) is 8. The minimum absolute atomic E-state index is 0.0335. The van der Waals surface area contributed by atoms with Crippen LogP contribution in [-0.4, -0.2) is 49.1 Å². The highest BCUT2D eigenvalue weighted by Gasteiger charge is 2.55. The maximum absolute atomic E-state index is 14.8. The van der Waals surface area contributed by atoms with Gasteiger partial charge >= 0.3 is 6.36 Å². The Morgan fingerprint density at radius 2 is 1.73 bits per heavy atom. The van der Waals surface area contributed by atoms with E-state index in [1.807, 2.05) is 0 Å². The summed E-state index contributed by atoms with van der Waals surface area (Å²) >= 11 is 0. The molecule has 1 unspecified atom stereocenters. The maximum Gasteiger partial charge on any atom is 0.573 e. The predicted octanol–water partition coefficient (Wildman–Crippen LogP) is 5.17. The second-order valence-corrected chi connectivity index (χ2v) is 15.2. The van der Waals surface area contributed by atoms with E-state index >= 15 is 0 Å². The molecule has 2 aromatic rings. The predicted molar refractivity (Wildman–Crippen MR) is 158 cm³/mol. The van der Waals surface area contributed by atoms with Gasteiger partial charge in [-0.05, 0) is 99.5 Å². The van der Waals surface area contributed by atoms with Gasteiger partial charge in [0.15, 0.2) is 11.6 Å². The molecule has 7 rings (SSSR count). The lowest BCUT2D eigenvalue weighted by molar-refractivity contribution is -0.274. The minimum atomic E-state index is -4.82. The standard InChI is InChI=1S/C30H40F4N6O3S/c31-24-16-38-28(37-15-20-3-1-2-4-25(20)43-30(32,33)34)40-27(24)39-17-29-11-19-9-21(12-29)26(22(10-19)13-29)36-14-18-5-7-23(8-6-18)44(35,41)42/h1-4,16,18-19,21-23,26,36H,5-15,17H2,(H2,35,41,42)(H2,37,38,39,40)/t18-,19?,21-,22+,23-,26-,29-. The van der Waals surface area contributed by atoms with Crippen molar-refractivity contribution in [3.8, 4) is 5.75 Å². The Labute approximate surface area is 255 Å². The number of aromatic nitrogens is 2. The molecule has 5 atom stereocenters. The van der Waals surface area contributed by atoms with E-state index < -0.39 is 27.5 Å². The Bertz CT molecular complexity index is 1420. The first-order valence-electron chi connectivity index (χ1n) is 15.4. The molecule has 242 valence electrons. The van der Waals surface area contributed by atoms with Gasteiger partial charge in [-0.1, -0.05) is 18.2 Å². The van der Waals surface area contributed by atoms with Crippen molar-refractivity contribution in [3.05, 3.63) is 41.8 Å². The quantitative estimate of drug-likeness (QED) is 0.248. The summed E-state index contributed by atoms with van der Waals surface area (Å²) in [5.74, 6) is 1.49. The first-order chi connectivity index (χ1) is 20.9. The smallest absolute Gasteiger partial charge is 0.405 e. The summed E-state index contributed by atoms with van der Waals surface area (Å²) in [6, 6.07) is 6.24. The molecule has 5 fully saturated rings. The van der Waals surface area contributed by atoms with Crippen LogP contribution in [0.4, 0.5) is 29.3 Å². The number of nitrogens with two attached hydrogens (primary N) is 1. The molecule has 1 heterocycles. The number of rotatable bonds is 11. The minimum Gasteiger partial charge on any atom is -0.405 e. The average Bonchev–Trinajstić information content (AvgIpc) is 2.95. The van der Waals surface area contributed by atoms with Gasteiger partial charge in [0.1, 0.15) is 5.75 Å². The number of hydrogen-bond donors (Lipinski definition) is 4. The molecule has 0 amide bonds. The Balaban J connectivity index is 1.03. The number of benzene rings is 1. The number of ether oxygens (including phenoxy) is 1. The van der Waals surface area contributed by atoms with Gasteiger partial charge in [-0.25, -0.2) is 22.9 Å². The summed E-state index contributed by atoms with van der Waals surface area (Å²) < 4.78 is 80.6. The largest absolute Gasteiger partial charge is 0.573 e. The van der Waals surface area contributed by atoms with Crippen molar-refractivity contribution in [3.63, 3.8) is 0 Å². The van der Waals surface area contributed by atoms with Crippen LogP contribution in [0.5, 0.6) is 5.75 Å². The van der Waals surface area contributed by atoms with Crippen molar-refractivity contribution in [2.75, 3.05) is 23.7 Å². The van der Waals surface area contributed by atoms with Gasteiger partial charge in [0, 0.05) is 24.7 Å². The van der Waals surface area contributed by atoms with Crippen molar-refractivity contribution < 1.29 is 30.7 Å². The molecule has 14 heteroatoms. The lowest BCUT2D eigenvalue weighted by Crippen LogP contribution is -2.60. The normalized spacial score (nSPS) is 31.6. The summed E-state index contributed by atoms with van der Waals surface area (Å²) in [6.45, 7) is 1.46. The van der Waals surface area contributed by atoms with Crippen LogP contribution in [0.2, 0.25) is 0 Å². The molecule has 0 radical (unpaired) electrons. The molecule has 0 aliphatic heterocycles. The number of alkyl halides is 3. The van der Waals surface area contributed by atoms with Gasteiger partial charge < -0.3 is 20.7 Å². The first kappa shape index (κ1) is 31.3. The second kappa shape index (κ2) is 12.2. The van der Waals surface area contributed by atoms with E-state index in [9.17, 15) is 26.0 Å². The fourth-order valence-corrected chi connectivity index (χ4v) is 9.53. The van der Waals surface area contributed by atoms with Crippen LogP contribution in [0, 0.1) is 34.9 Å². The summed E-state index contributed by atoms with van der Waals surface area (Å²) in [5, 5.41) is 15.0. The SMILES string of the molecule is NS(=O)(=O)[C@H]1CC[C@H](CN[C@@H]2[C@@H]3CC4C[C@H]2C[C@@](CNc2nc(NCc5ccccc5OC(F)(F)F)ncc2F)(C4)C3)CC1. The molecule has 5 aliphatic rings. The van der Waals surface area contributed by atoms with Crippen molar-refractivity contribution in [2.24, 2.45) is 34.2 Å². The molecule has 0 spiro atoms. The maximum atomic E-state index is 14.8. The van der Waals surface area contributed by atoms with Crippen LogP contribution in [-0.2, 0) is 16.6 Å². The van der Waals surface area contributed by atoms with Gasteiger partial charge in [0.25, 0.3) is 0 Å². The number of halogens is 4. The van der Waals surface area contributed by atoms with E-state index in [0.29, 0.717) is 49.1 Å². The van der Waals surface area contributed by atoms with Crippen LogP contribution in [0.3, 0.4) is 0 Å². The highest BCUT2D eigenvalue weighted by atomic mass is 32.2. The van der Waals surface area contributed by atoms with Gasteiger partial charge in [0.2, 0.25) is 16.0 Å². The molecule has 5 aliphatic carbocycles. The number of nitrogens with one attached hydrogen (secondary N) is 3. The molecule has 1 aromatic heterocycles. The summed E-state index contributed by atoms with van der Waals surface area (Å²) in [7, 11) is -3.46. The Kier molecular flexibility index (Phi) is 8.70. The average molecular weight is 641 g/mol. The monoisotopic (exact) mass is 640 g/mol. The van der Waals surface area contributed by atoms with Crippen molar-refractivity contribution >= 4 is 21.8 Å². The summed E-state index contributed by atoms with van der Waals surface area (Å²) in [4.78, 5) is 8.27. The number of primary sulfonamides is 1. The van der Waals surface area contributed by atoms with E-state index in [1.165, 1.54) is 31.0 Å². The lowest BCUT2D eigenvalue weighted by Gasteiger charge is -2.60. The van der Waals surface area contributed by atoms with Gasteiger partial charge in [-0.15, -0.1) is 13.2 Å². The molecule has 44 heavy (non-hydrogen) atoms. The highest BCUT2D eigenvalue weighted by molar-refractivity contribution is 7.89. The van der Waals surface area contributed by atoms with Crippen LogP contribution in [0.25, 0.3) is 0 Å². The molecule has 4 bridgehead atoms. The molecule has 5 N–H and O–H groups in total. The zero-order chi connectivity index (χ0) is 31.1. The molecular weight excluding hydrogens is 600 g/mol. The molecule has 5 saturated carbocycles. The molecule has 9 nitrogen and oxygen atoms in total. The molecule has 1 aromatic carbocycles. The fourth-order valence-electron chi connectivity index (χ4n) is 8.61. The van der Waals surface area contributed by atoms with Crippen molar-refractivity contribution in [1.82, 2.24) is 15.3 Å². The van der Waals surface area contributed by atoms with E-state index in [0.717, 1.165) is 44.8 Å². The molecular formula is C30H40F4N6O3S. The highest BCUT2D eigenvalue weighted by Crippen LogP contribution is 2.60. The number of anilines is 2. The van der Waals surface area contributed by atoms with Crippen LogP contribution in [0.1, 0.15) is 63.4 Å². The Hall–Kier alpha value is -2.71. The van der Waals surface area contributed by atoms with E-state index in [2.05, 4.69) is 30.7 Å². The molecule has 0 saturated heterocycles.